The second-order valence-electron chi connectivity index (χ2n) is 2.85. The van der Waals surface area contributed by atoms with Crippen LogP contribution in [0.5, 0.6) is 0 Å². The Morgan fingerprint density at radius 1 is 1.62 bits per heavy atom. The van der Waals surface area contributed by atoms with Crippen LogP contribution in [0.2, 0.25) is 0 Å². The van der Waals surface area contributed by atoms with Gasteiger partial charge >= 0.3 is 12.2 Å². The number of hydrogen-bond acceptors (Lipinski definition) is 3. The van der Waals surface area contributed by atoms with E-state index >= 15 is 0 Å². The molecule has 6 nitrogen and oxygen atoms in total. The number of carbonyl (C=O) groups excluding carboxylic acids is 1. The number of hydrogen-bond donors (Lipinski definition) is 2. The second kappa shape index (κ2) is 3.97. The van der Waals surface area contributed by atoms with Gasteiger partial charge in [0.1, 0.15) is 0 Å². The van der Waals surface area contributed by atoms with Crippen molar-refractivity contribution in [3.63, 3.8) is 0 Å². The van der Waals surface area contributed by atoms with E-state index in [9.17, 15) is 9.59 Å². The fraction of sp³-hybridized carbons (Fsp3) is 0.714. The number of carbonyl (C=O) groups is 2. The van der Waals surface area contributed by atoms with E-state index in [4.69, 9.17) is 5.11 Å². The number of likely N-dealkylation sites (tertiary alicyclic amines) is 1. The summed E-state index contributed by atoms with van der Waals surface area (Å²) in [7, 11) is 1.28. The van der Waals surface area contributed by atoms with E-state index in [0.29, 0.717) is 19.5 Å². The zero-order chi connectivity index (χ0) is 9.84. The average molecular weight is 188 g/mol. The molecular formula is C7H12N2O4. The summed E-state index contributed by atoms with van der Waals surface area (Å²) >= 11 is 0. The normalized spacial score (nSPS) is 21.3. The molecule has 1 aliphatic rings. The smallest absolute Gasteiger partial charge is 0.407 e. The Labute approximate surface area is 75.5 Å². The first-order chi connectivity index (χ1) is 6.13. The lowest BCUT2D eigenvalue weighted by Gasteiger charge is -2.12. The Hall–Kier alpha value is -1.46. The number of amides is 2. The first kappa shape index (κ1) is 9.63. The van der Waals surface area contributed by atoms with Gasteiger partial charge in [0.25, 0.3) is 0 Å². The highest BCUT2D eigenvalue weighted by Crippen LogP contribution is 2.08. The van der Waals surface area contributed by atoms with Crippen LogP contribution in [0.25, 0.3) is 0 Å². The van der Waals surface area contributed by atoms with Gasteiger partial charge in [0.05, 0.1) is 13.2 Å². The van der Waals surface area contributed by atoms with Crippen LogP contribution in [-0.4, -0.2) is 48.4 Å². The van der Waals surface area contributed by atoms with E-state index in [1.807, 2.05) is 0 Å². The van der Waals surface area contributed by atoms with Gasteiger partial charge < -0.3 is 20.1 Å². The molecule has 0 bridgehead atoms. The highest BCUT2D eigenvalue weighted by atomic mass is 16.5. The monoisotopic (exact) mass is 188 g/mol. The van der Waals surface area contributed by atoms with Crippen molar-refractivity contribution in [3.8, 4) is 0 Å². The van der Waals surface area contributed by atoms with Crippen LogP contribution < -0.4 is 5.32 Å². The van der Waals surface area contributed by atoms with Gasteiger partial charge in [-0.15, -0.1) is 0 Å². The van der Waals surface area contributed by atoms with Crippen molar-refractivity contribution >= 4 is 12.2 Å². The van der Waals surface area contributed by atoms with Gasteiger partial charge in [-0.1, -0.05) is 0 Å². The van der Waals surface area contributed by atoms with Gasteiger partial charge in [-0.25, -0.2) is 9.59 Å². The topological polar surface area (TPSA) is 78.9 Å². The zero-order valence-corrected chi connectivity index (χ0v) is 7.32. The SMILES string of the molecule is COC(=O)N[C@@H]1CCN(C(=O)O)C1. The van der Waals surface area contributed by atoms with Crippen LogP contribution in [0, 0.1) is 0 Å². The van der Waals surface area contributed by atoms with E-state index in [2.05, 4.69) is 10.1 Å². The Morgan fingerprint density at radius 3 is 2.77 bits per heavy atom. The summed E-state index contributed by atoms with van der Waals surface area (Å²) in [5.74, 6) is 0. The number of ether oxygens (including phenoxy) is 1. The van der Waals surface area contributed by atoms with E-state index < -0.39 is 12.2 Å². The fourth-order valence-corrected chi connectivity index (χ4v) is 1.28. The maximum absolute atomic E-state index is 10.7. The van der Waals surface area contributed by atoms with Gasteiger partial charge in [0.15, 0.2) is 0 Å². The number of rotatable bonds is 1. The molecule has 1 atom stereocenters. The van der Waals surface area contributed by atoms with Crippen molar-refractivity contribution in [2.45, 2.75) is 12.5 Å². The van der Waals surface area contributed by atoms with Crippen molar-refractivity contribution in [2.24, 2.45) is 0 Å². The van der Waals surface area contributed by atoms with E-state index in [-0.39, 0.29) is 6.04 Å². The maximum atomic E-state index is 10.7. The van der Waals surface area contributed by atoms with Crippen molar-refractivity contribution in [3.05, 3.63) is 0 Å². The standard InChI is InChI=1S/C7H12N2O4/c1-13-6(10)8-5-2-3-9(4-5)7(11)12/h5H,2-4H2,1H3,(H,8,10)(H,11,12)/t5-/m1/s1. The van der Waals surface area contributed by atoms with Crippen molar-refractivity contribution in [1.82, 2.24) is 10.2 Å². The van der Waals surface area contributed by atoms with E-state index in [1.54, 1.807) is 0 Å². The Bertz CT molecular complexity index is 219. The molecule has 0 radical (unpaired) electrons. The molecule has 1 rings (SSSR count). The summed E-state index contributed by atoms with van der Waals surface area (Å²) in [4.78, 5) is 22.5. The molecule has 2 amide bonds. The van der Waals surface area contributed by atoms with Gasteiger partial charge in [-0.3, -0.25) is 0 Å². The van der Waals surface area contributed by atoms with Gasteiger partial charge in [-0.05, 0) is 6.42 Å². The zero-order valence-electron chi connectivity index (χ0n) is 7.32. The lowest BCUT2D eigenvalue weighted by Crippen LogP contribution is -2.37. The molecule has 0 aliphatic carbocycles. The maximum Gasteiger partial charge on any atom is 0.407 e. The molecule has 0 aromatic heterocycles. The average Bonchev–Trinajstić information content (AvgIpc) is 2.52. The van der Waals surface area contributed by atoms with E-state index in [0.717, 1.165) is 0 Å². The lowest BCUT2D eigenvalue weighted by atomic mass is 10.3. The van der Waals surface area contributed by atoms with Gasteiger partial charge in [0, 0.05) is 13.1 Å². The minimum Gasteiger partial charge on any atom is -0.465 e. The molecule has 1 fully saturated rings. The summed E-state index contributed by atoms with van der Waals surface area (Å²) in [5, 5.41) is 11.2. The molecule has 6 heteroatoms. The minimum absolute atomic E-state index is 0.122. The highest BCUT2D eigenvalue weighted by Gasteiger charge is 2.26. The summed E-state index contributed by atoms with van der Waals surface area (Å²) in [6, 6.07) is -0.122. The molecule has 13 heavy (non-hydrogen) atoms. The molecule has 0 aromatic rings. The molecule has 1 saturated heterocycles. The van der Waals surface area contributed by atoms with Crippen molar-refractivity contribution in [2.75, 3.05) is 20.2 Å². The van der Waals surface area contributed by atoms with E-state index in [1.165, 1.54) is 12.0 Å². The molecule has 0 aromatic carbocycles. The lowest BCUT2D eigenvalue weighted by molar-refractivity contribution is 0.151. The van der Waals surface area contributed by atoms with Crippen LogP contribution >= 0.6 is 0 Å². The van der Waals surface area contributed by atoms with Crippen LogP contribution in [0.1, 0.15) is 6.42 Å². The fourth-order valence-electron chi connectivity index (χ4n) is 1.28. The Balaban J connectivity index is 2.33. The molecule has 2 N–H and O–H groups in total. The summed E-state index contributed by atoms with van der Waals surface area (Å²) < 4.78 is 4.39. The Morgan fingerprint density at radius 2 is 2.31 bits per heavy atom. The summed E-state index contributed by atoms with van der Waals surface area (Å²) in [6.07, 6.45) is -0.826. The predicted octanol–water partition coefficient (Wildman–Crippen LogP) is 0.0947. The van der Waals surface area contributed by atoms with Gasteiger partial charge in [-0.2, -0.15) is 0 Å². The third kappa shape index (κ3) is 2.50. The molecule has 0 spiro atoms. The molecule has 74 valence electrons. The van der Waals surface area contributed by atoms with Crippen LogP contribution in [0.3, 0.4) is 0 Å². The van der Waals surface area contributed by atoms with Crippen molar-refractivity contribution in [1.29, 1.82) is 0 Å². The van der Waals surface area contributed by atoms with Crippen LogP contribution in [0.15, 0.2) is 0 Å². The number of nitrogens with zero attached hydrogens (tertiary/aromatic N) is 1. The van der Waals surface area contributed by atoms with Gasteiger partial charge in [0.2, 0.25) is 0 Å². The number of nitrogens with one attached hydrogen (secondary N) is 1. The van der Waals surface area contributed by atoms with Crippen LogP contribution in [-0.2, 0) is 4.74 Å². The highest BCUT2D eigenvalue weighted by molar-refractivity contribution is 5.68. The molecule has 1 heterocycles. The quantitative estimate of drug-likeness (QED) is 0.611. The number of methoxy groups -OCH3 is 1. The molecule has 0 unspecified atom stereocenters. The molecule has 0 saturated carbocycles. The summed E-state index contributed by atoms with van der Waals surface area (Å²) in [6.45, 7) is 0.800. The number of carboxylic acid groups (broad SMARTS) is 1. The first-order valence-corrected chi connectivity index (χ1v) is 3.96. The number of alkyl carbamates (subject to hydrolysis) is 1. The first-order valence-electron chi connectivity index (χ1n) is 3.96. The molecule has 1 aliphatic heterocycles. The second-order valence-corrected chi connectivity index (χ2v) is 2.85. The van der Waals surface area contributed by atoms with Crippen LogP contribution in [0.4, 0.5) is 9.59 Å². The largest absolute Gasteiger partial charge is 0.465 e. The predicted molar refractivity (Wildman–Crippen MR) is 43.5 cm³/mol. The third-order valence-electron chi connectivity index (χ3n) is 1.97. The van der Waals surface area contributed by atoms with Crippen molar-refractivity contribution < 1.29 is 19.4 Å². The Kier molecular flexibility index (Phi) is 2.94. The minimum atomic E-state index is -0.950. The molecular weight excluding hydrogens is 176 g/mol. The summed E-state index contributed by atoms with van der Waals surface area (Å²) in [5.41, 5.74) is 0. The third-order valence-corrected chi connectivity index (χ3v) is 1.97.